The minimum Gasteiger partial charge on any atom is -0.330 e. The molecule has 0 aromatic rings. The summed E-state index contributed by atoms with van der Waals surface area (Å²) in [6.45, 7) is 12.8. The van der Waals surface area contributed by atoms with Gasteiger partial charge in [0.25, 0.3) is 0 Å². The van der Waals surface area contributed by atoms with Crippen LogP contribution in [0.1, 0.15) is 104 Å². The van der Waals surface area contributed by atoms with Crippen LogP contribution in [0, 0.1) is 0 Å². The molecule has 56 heavy (non-hydrogen) atoms. The van der Waals surface area contributed by atoms with Gasteiger partial charge in [0.1, 0.15) is 0 Å². The fraction of sp³-hybridized carbons (Fsp3) is 0.889. The van der Waals surface area contributed by atoms with Crippen molar-refractivity contribution in [1.29, 1.82) is 0 Å². The first-order valence-corrected chi connectivity index (χ1v) is 23.1. The van der Waals surface area contributed by atoms with Crippen molar-refractivity contribution in [3.63, 3.8) is 0 Å². The van der Waals surface area contributed by atoms with Crippen molar-refractivity contribution in [3.05, 3.63) is 24.3 Å². The number of hydrogen-bond donors (Lipinski definition) is 4. The zero-order valence-electron chi connectivity index (χ0n) is 34.5. The average Bonchev–Trinajstić information content (AvgIpc) is 3.12. The second-order valence-corrected chi connectivity index (χ2v) is 17.1. The molecule has 0 aliphatic carbocycles. The summed E-state index contributed by atoms with van der Waals surface area (Å²) in [6.07, 6.45) is 21.6. The molecule has 20 heteroatoms. The van der Waals surface area contributed by atoms with Crippen LogP contribution in [0.25, 0.3) is 0 Å². The van der Waals surface area contributed by atoms with Crippen molar-refractivity contribution < 1.29 is 27.2 Å². The SMILES string of the molecule is CCC/C=C\CCOP(=O)(CCN(CCCN)CCCN)OCCCCCCOP(=O)(CCN(CCCN)CCCN)OCC/C=C\CCC.Cl.Cl.Cl.Cl.Cl.Cl. The fourth-order valence-corrected chi connectivity index (χ4v) is 8.38. The number of allylic oxidation sites excluding steroid dienone is 2. The van der Waals surface area contributed by atoms with E-state index in [0.29, 0.717) is 90.9 Å². The second kappa shape index (κ2) is 52.4. The highest BCUT2D eigenvalue weighted by Crippen LogP contribution is 2.49. The molecule has 0 saturated carbocycles. The number of nitrogens with zero attached hydrogens (tertiary/aromatic N) is 2. The van der Waals surface area contributed by atoms with Crippen molar-refractivity contribution in [1.82, 2.24) is 9.80 Å². The molecule has 0 heterocycles. The van der Waals surface area contributed by atoms with E-state index in [1.807, 2.05) is 0 Å². The molecule has 346 valence electrons. The van der Waals surface area contributed by atoms with E-state index in [4.69, 9.17) is 41.0 Å². The monoisotopic (exact) mass is 968 g/mol. The zero-order chi connectivity index (χ0) is 37.0. The Hall–Kier alpha value is 1.28. The highest BCUT2D eigenvalue weighted by Gasteiger charge is 2.26. The van der Waals surface area contributed by atoms with Crippen molar-refractivity contribution in [2.75, 3.05) is 104 Å². The standard InChI is InChI=1S/C36H78N6O6P2.6ClH/c1-3-5-7-9-13-31-45-49(43,35-29-41(25-17-21-37)26-18-22-38)47-33-15-11-12-16-34-48-50(44,46-32-14-10-8-6-4-2)36-30-42(27-19-23-39)28-20-24-40;;;;;;/h7-10H,3-6,11-40H2,1-2H3;6*1H/b9-7-,10-8-;;;;;;. The zero-order valence-corrected chi connectivity index (χ0v) is 41.2. The predicted octanol–water partition coefficient (Wildman–Crippen LogP) is 9.02. The largest absolute Gasteiger partial charge is 0.331 e. The van der Waals surface area contributed by atoms with E-state index < -0.39 is 15.2 Å². The third-order valence-corrected chi connectivity index (χ3v) is 11.9. The molecule has 0 fully saturated rings. The van der Waals surface area contributed by atoms with Gasteiger partial charge in [0, 0.05) is 13.1 Å². The summed E-state index contributed by atoms with van der Waals surface area (Å²) in [5.41, 5.74) is 23.0. The van der Waals surface area contributed by atoms with E-state index in [2.05, 4.69) is 48.0 Å². The van der Waals surface area contributed by atoms with Crippen molar-refractivity contribution >= 4 is 89.6 Å². The average molecular weight is 972 g/mol. The molecular formula is C36H84Cl6N6O6P2. The van der Waals surface area contributed by atoms with Crippen molar-refractivity contribution in [2.24, 2.45) is 22.9 Å². The molecule has 2 atom stereocenters. The first-order chi connectivity index (χ1) is 24.3. The van der Waals surface area contributed by atoms with Crippen LogP contribution in [0.4, 0.5) is 0 Å². The summed E-state index contributed by atoms with van der Waals surface area (Å²) >= 11 is 0. The van der Waals surface area contributed by atoms with Gasteiger partial charge in [0.15, 0.2) is 0 Å². The fourth-order valence-electron chi connectivity index (χ4n) is 5.08. The van der Waals surface area contributed by atoms with Crippen LogP contribution in [-0.4, -0.2) is 114 Å². The third kappa shape index (κ3) is 44.8. The number of rotatable bonds is 39. The minimum atomic E-state index is -3.27. The molecule has 8 N–H and O–H groups in total. The van der Waals surface area contributed by atoms with Crippen LogP contribution < -0.4 is 22.9 Å². The molecule has 12 nitrogen and oxygen atoms in total. The van der Waals surface area contributed by atoms with Gasteiger partial charge in [-0.1, -0.05) is 63.8 Å². The normalized spacial score (nSPS) is 13.2. The third-order valence-electron chi connectivity index (χ3n) is 8.10. The molecule has 0 rings (SSSR count). The summed E-state index contributed by atoms with van der Waals surface area (Å²) in [5, 5.41) is 0. The maximum Gasteiger partial charge on any atom is 0.331 e. The molecule has 0 spiro atoms. The second-order valence-electron chi connectivity index (χ2n) is 12.8. The van der Waals surface area contributed by atoms with E-state index in [-0.39, 0.29) is 74.4 Å². The summed E-state index contributed by atoms with van der Waals surface area (Å²) in [7, 11) is -6.53. The molecule has 2 unspecified atom stereocenters. The van der Waals surface area contributed by atoms with Gasteiger partial charge in [-0.05, 0) is 117 Å². The molecule has 0 aromatic carbocycles. The lowest BCUT2D eigenvalue weighted by Crippen LogP contribution is -2.31. The van der Waals surface area contributed by atoms with Crippen LogP contribution in [0.2, 0.25) is 0 Å². The maximum atomic E-state index is 13.8. The van der Waals surface area contributed by atoms with E-state index in [1.54, 1.807) is 0 Å². The molecule has 0 aliphatic rings. The Balaban J connectivity index is -0.000000800. The number of hydrogen-bond acceptors (Lipinski definition) is 12. The number of nitrogens with two attached hydrogens (primary N) is 4. The molecule has 0 bridgehead atoms. The lowest BCUT2D eigenvalue weighted by atomic mass is 10.2. The molecule has 0 radical (unpaired) electrons. The van der Waals surface area contributed by atoms with Gasteiger partial charge in [-0.25, -0.2) is 0 Å². The van der Waals surface area contributed by atoms with Crippen LogP contribution in [0.15, 0.2) is 24.3 Å². The highest BCUT2D eigenvalue weighted by molar-refractivity contribution is 7.54. The Morgan fingerprint density at radius 2 is 0.696 bits per heavy atom. The van der Waals surface area contributed by atoms with Gasteiger partial charge in [0.2, 0.25) is 0 Å². The molecule has 0 aromatic heterocycles. The minimum absolute atomic E-state index is 0. The van der Waals surface area contributed by atoms with Crippen LogP contribution in [0.3, 0.4) is 0 Å². The molecule has 0 amide bonds. The first-order valence-electron chi connectivity index (χ1n) is 19.6. The maximum absolute atomic E-state index is 13.8. The predicted molar refractivity (Wildman–Crippen MR) is 256 cm³/mol. The summed E-state index contributed by atoms with van der Waals surface area (Å²) < 4.78 is 51.3. The quantitative estimate of drug-likeness (QED) is 0.0261. The Morgan fingerprint density at radius 3 is 0.982 bits per heavy atom. The lowest BCUT2D eigenvalue weighted by molar-refractivity contribution is 0.190. The van der Waals surface area contributed by atoms with Crippen LogP contribution >= 0.6 is 89.6 Å². The topological polar surface area (TPSA) is 182 Å². The smallest absolute Gasteiger partial charge is 0.330 e. The summed E-state index contributed by atoms with van der Waals surface area (Å²) in [6, 6.07) is 0. The van der Waals surface area contributed by atoms with E-state index in [9.17, 15) is 9.13 Å². The Kier molecular flexibility index (Phi) is 67.2. The first kappa shape index (κ1) is 71.8. The van der Waals surface area contributed by atoms with Crippen molar-refractivity contribution in [3.8, 4) is 0 Å². The van der Waals surface area contributed by atoms with Crippen LogP contribution in [0.5, 0.6) is 0 Å². The van der Waals surface area contributed by atoms with Gasteiger partial charge in [-0.15, -0.1) is 74.4 Å². The van der Waals surface area contributed by atoms with E-state index >= 15 is 0 Å². The summed E-state index contributed by atoms with van der Waals surface area (Å²) in [5.74, 6) is 0. The van der Waals surface area contributed by atoms with E-state index in [1.165, 1.54) is 0 Å². The van der Waals surface area contributed by atoms with Crippen molar-refractivity contribution in [2.45, 2.75) is 104 Å². The van der Waals surface area contributed by atoms with Gasteiger partial charge in [0.05, 0.1) is 38.8 Å². The Morgan fingerprint density at radius 1 is 0.411 bits per heavy atom. The van der Waals surface area contributed by atoms with Crippen LogP contribution in [-0.2, 0) is 27.2 Å². The van der Waals surface area contributed by atoms with Gasteiger partial charge in [-0.2, -0.15) is 0 Å². The lowest BCUT2D eigenvalue weighted by Gasteiger charge is -2.25. The van der Waals surface area contributed by atoms with E-state index in [0.717, 1.165) is 103 Å². The Labute approximate surface area is 379 Å². The van der Waals surface area contributed by atoms with Gasteiger partial charge < -0.3 is 50.8 Å². The van der Waals surface area contributed by atoms with Gasteiger partial charge in [-0.3, -0.25) is 9.13 Å². The highest BCUT2D eigenvalue weighted by atomic mass is 35.5. The number of unbranched alkanes of at least 4 members (excludes halogenated alkanes) is 5. The molecular weight excluding hydrogens is 887 g/mol. The molecule has 0 saturated heterocycles. The van der Waals surface area contributed by atoms with Gasteiger partial charge >= 0.3 is 15.2 Å². The number of halogens is 6. The molecule has 0 aliphatic heterocycles. The Bertz CT molecular complexity index is 843. The summed E-state index contributed by atoms with van der Waals surface area (Å²) in [4.78, 5) is 4.51.